The molecule has 0 aliphatic carbocycles. The van der Waals surface area contributed by atoms with E-state index in [1.807, 2.05) is 0 Å². The van der Waals surface area contributed by atoms with Crippen molar-refractivity contribution in [1.29, 1.82) is 0 Å². The van der Waals surface area contributed by atoms with Crippen LogP contribution in [0.25, 0.3) is 12.2 Å². The highest BCUT2D eigenvalue weighted by molar-refractivity contribution is 5.96. The standard InChI is InChI=1S/C17H13NO5/c19-13-6-1-9(8-14(13)20)7-11-4-2-10-3-5-12(17(22)23)16(21)15(10)18-11/h1-8,18-21H,(H,22,23)/b11-7+. The second-order valence-electron chi connectivity index (χ2n) is 5.04. The highest BCUT2D eigenvalue weighted by Gasteiger charge is 2.18. The first-order valence-corrected chi connectivity index (χ1v) is 6.74. The lowest BCUT2D eigenvalue weighted by Gasteiger charge is -2.18. The summed E-state index contributed by atoms with van der Waals surface area (Å²) in [5.74, 6) is -2.00. The summed E-state index contributed by atoms with van der Waals surface area (Å²) in [6.07, 6.45) is 5.18. The molecule has 6 nitrogen and oxygen atoms in total. The van der Waals surface area contributed by atoms with E-state index in [1.165, 1.54) is 18.2 Å². The topological polar surface area (TPSA) is 110 Å². The average Bonchev–Trinajstić information content (AvgIpc) is 2.51. The monoisotopic (exact) mass is 311 g/mol. The van der Waals surface area contributed by atoms with Gasteiger partial charge < -0.3 is 25.7 Å². The number of rotatable bonds is 2. The Morgan fingerprint density at radius 2 is 1.78 bits per heavy atom. The Balaban J connectivity index is 1.99. The van der Waals surface area contributed by atoms with Gasteiger partial charge in [-0.15, -0.1) is 0 Å². The minimum absolute atomic E-state index is 0.187. The fraction of sp³-hybridized carbons (Fsp3) is 0. The van der Waals surface area contributed by atoms with Gasteiger partial charge in [0.05, 0.1) is 5.69 Å². The number of aromatic hydroxyl groups is 3. The minimum atomic E-state index is -1.21. The minimum Gasteiger partial charge on any atom is -0.505 e. The van der Waals surface area contributed by atoms with E-state index < -0.39 is 5.97 Å². The van der Waals surface area contributed by atoms with E-state index in [2.05, 4.69) is 5.32 Å². The summed E-state index contributed by atoms with van der Waals surface area (Å²) in [6.45, 7) is 0. The number of aromatic carboxylic acids is 1. The summed E-state index contributed by atoms with van der Waals surface area (Å²) in [6, 6.07) is 7.31. The van der Waals surface area contributed by atoms with E-state index >= 15 is 0 Å². The molecule has 3 rings (SSSR count). The zero-order valence-corrected chi connectivity index (χ0v) is 11.8. The van der Waals surface area contributed by atoms with Gasteiger partial charge in [0.25, 0.3) is 0 Å². The van der Waals surface area contributed by atoms with Crippen LogP contribution in [-0.2, 0) is 0 Å². The van der Waals surface area contributed by atoms with Gasteiger partial charge in [0.15, 0.2) is 17.2 Å². The fourth-order valence-electron chi connectivity index (χ4n) is 2.31. The molecule has 0 amide bonds. The van der Waals surface area contributed by atoms with Gasteiger partial charge in [-0.05, 0) is 35.9 Å². The zero-order valence-electron chi connectivity index (χ0n) is 11.8. The molecule has 116 valence electrons. The van der Waals surface area contributed by atoms with Gasteiger partial charge in [0.2, 0.25) is 0 Å². The van der Waals surface area contributed by atoms with Crippen molar-refractivity contribution in [2.45, 2.75) is 0 Å². The summed E-state index contributed by atoms with van der Waals surface area (Å²) in [4.78, 5) is 11.1. The molecule has 0 bridgehead atoms. The summed E-state index contributed by atoms with van der Waals surface area (Å²) in [5, 5.41) is 40.9. The number of benzene rings is 2. The van der Waals surface area contributed by atoms with Gasteiger partial charge in [-0.1, -0.05) is 18.2 Å². The van der Waals surface area contributed by atoms with E-state index in [4.69, 9.17) is 5.11 Å². The lowest BCUT2D eigenvalue weighted by molar-refractivity contribution is 0.0694. The second kappa shape index (κ2) is 5.42. The SMILES string of the molecule is O=C(O)c1ccc2c(c1O)N/C(=C/c1ccc(O)c(O)c1)C=C2. The first-order chi connectivity index (χ1) is 11.0. The average molecular weight is 311 g/mol. The third-order valence-electron chi connectivity index (χ3n) is 3.47. The van der Waals surface area contributed by atoms with Gasteiger partial charge in [0, 0.05) is 11.3 Å². The van der Waals surface area contributed by atoms with Gasteiger partial charge >= 0.3 is 5.97 Å². The third-order valence-corrected chi connectivity index (χ3v) is 3.47. The van der Waals surface area contributed by atoms with Crippen LogP contribution in [0, 0.1) is 0 Å². The molecule has 0 radical (unpaired) electrons. The maximum atomic E-state index is 11.1. The fourth-order valence-corrected chi connectivity index (χ4v) is 2.31. The van der Waals surface area contributed by atoms with Crippen molar-refractivity contribution in [3.05, 3.63) is 58.8 Å². The number of allylic oxidation sites excluding steroid dienone is 1. The maximum absolute atomic E-state index is 11.1. The van der Waals surface area contributed by atoms with Crippen molar-refractivity contribution in [2.24, 2.45) is 0 Å². The molecule has 2 aromatic rings. The van der Waals surface area contributed by atoms with Crippen LogP contribution in [0.2, 0.25) is 0 Å². The number of nitrogens with one attached hydrogen (secondary N) is 1. The summed E-state index contributed by atoms with van der Waals surface area (Å²) < 4.78 is 0. The zero-order chi connectivity index (χ0) is 16.6. The van der Waals surface area contributed by atoms with Crippen molar-refractivity contribution in [3.63, 3.8) is 0 Å². The number of anilines is 1. The van der Waals surface area contributed by atoms with Crippen LogP contribution in [0.4, 0.5) is 5.69 Å². The number of carboxylic acid groups (broad SMARTS) is 1. The Labute approximate surface area is 131 Å². The number of phenols is 3. The second-order valence-corrected chi connectivity index (χ2v) is 5.04. The Morgan fingerprint density at radius 1 is 1.00 bits per heavy atom. The first-order valence-electron chi connectivity index (χ1n) is 6.74. The Hall–Kier alpha value is -3.41. The molecule has 5 N–H and O–H groups in total. The van der Waals surface area contributed by atoms with Crippen LogP contribution in [0.3, 0.4) is 0 Å². The van der Waals surface area contributed by atoms with Crippen LogP contribution < -0.4 is 5.32 Å². The summed E-state index contributed by atoms with van der Waals surface area (Å²) in [7, 11) is 0. The van der Waals surface area contributed by atoms with Crippen molar-refractivity contribution < 1.29 is 25.2 Å². The number of hydrogen-bond donors (Lipinski definition) is 5. The van der Waals surface area contributed by atoms with Crippen molar-refractivity contribution in [1.82, 2.24) is 0 Å². The Kier molecular flexibility index (Phi) is 3.42. The molecular formula is C17H13NO5. The molecule has 1 aliphatic heterocycles. The van der Waals surface area contributed by atoms with E-state index in [-0.39, 0.29) is 22.8 Å². The lowest BCUT2D eigenvalue weighted by atomic mass is 10.0. The van der Waals surface area contributed by atoms with Crippen LogP contribution >= 0.6 is 0 Å². The highest BCUT2D eigenvalue weighted by atomic mass is 16.4. The summed E-state index contributed by atoms with van der Waals surface area (Å²) in [5.41, 5.74) is 2.01. The van der Waals surface area contributed by atoms with Gasteiger partial charge in [0.1, 0.15) is 5.56 Å². The predicted molar refractivity (Wildman–Crippen MR) is 85.5 cm³/mol. The maximum Gasteiger partial charge on any atom is 0.339 e. The molecule has 6 heteroatoms. The summed E-state index contributed by atoms with van der Waals surface area (Å²) >= 11 is 0. The van der Waals surface area contributed by atoms with E-state index in [1.54, 1.807) is 30.4 Å². The van der Waals surface area contributed by atoms with Crippen LogP contribution in [-0.4, -0.2) is 26.4 Å². The third kappa shape index (κ3) is 2.69. The Morgan fingerprint density at radius 3 is 2.48 bits per heavy atom. The number of carboxylic acids is 1. The number of phenolic OH excluding ortho intramolecular Hbond substituents is 2. The number of fused-ring (bicyclic) bond motifs is 1. The smallest absolute Gasteiger partial charge is 0.339 e. The van der Waals surface area contributed by atoms with E-state index in [0.717, 1.165) is 0 Å². The molecule has 0 saturated carbocycles. The molecule has 0 aromatic heterocycles. The molecule has 0 unspecified atom stereocenters. The molecule has 2 aromatic carbocycles. The van der Waals surface area contributed by atoms with E-state index in [0.29, 0.717) is 22.5 Å². The highest BCUT2D eigenvalue weighted by Crippen LogP contribution is 2.36. The molecule has 23 heavy (non-hydrogen) atoms. The molecule has 0 spiro atoms. The van der Waals surface area contributed by atoms with Crippen molar-refractivity contribution in [2.75, 3.05) is 5.32 Å². The van der Waals surface area contributed by atoms with Crippen LogP contribution in [0.1, 0.15) is 21.5 Å². The molecule has 0 saturated heterocycles. The van der Waals surface area contributed by atoms with Crippen LogP contribution in [0.15, 0.2) is 42.1 Å². The largest absolute Gasteiger partial charge is 0.505 e. The number of carbonyl (C=O) groups is 1. The van der Waals surface area contributed by atoms with Crippen molar-refractivity contribution in [3.8, 4) is 17.2 Å². The van der Waals surface area contributed by atoms with E-state index in [9.17, 15) is 20.1 Å². The quantitative estimate of drug-likeness (QED) is 0.545. The Bertz CT molecular complexity index is 868. The molecule has 1 aliphatic rings. The van der Waals surface area contributed by atoms with Crippen molar-refractivity contribution >= 4 is 23.8 Å². The van der Waals surface area contributed by atoms with Crippen LogP contribution in [0.5, 0.6) is 17.2 Å². The van der Waals surface area contributed by atoms with Gasteiger partial charge in [-0.3, -0.25) is 0 Å². The normalized spacial score (nSPS) is 14.3. The molecule has 1 heterocycles. The first kappa shape index (κ1) is 14.5. The van der Waals surface area contributed by atoms with Gasteiger partial charge in [-0.25, -0.2) is 4.79 Å². The molecule has 0 fully saturated rings. The predicted octanol–water partition coefficient (Wildman–Crippen LogP) is 2.98. The molecule has 0 atom stereocenters. The number of hydrogen-bond acceptors (Lipinski definition) is 5. The molecular weight excluding hydrogens is 298 g/mol. The van der Waals surface area contributed by atoms with Gasteiger partial charge in [-0.2, -0.15) is 0 Å². The lowest BCUT2D eigenvalue weighted by Crippen LogP contribution is -2.06.